The molecule has 0 spiro atoms. The average molecular weight is 267 g/mol. The summed E-state index contributed by atoms with van der Waals surface area (Å²) in [5, 5.41) is 19.8. The number of carboxylic acid groups (broad SMARTS) is 1. The predicted octanol–water partition coefficient (Wildman–Crippen LogP) is 2.26. The maximum atomic E-state index is 11.1. The Kier molecular flexibility index (Phi) is 4.87. The monoisotopic (exact) mass is 267 g/mol. The van der Waals surface area contributed by atoms with Crippen LogP contribution in [0, 0.1) is 10.1 Å². The van der Waals surface area contributed by atoms with E-state index < -0.39 is 10.9 Å². The zero-order valence-electron chi connectivity index (χ0n) is 10.3. The summed E-state index contributed by atoms with van der Waals surface area (Å²) >= 11 is 0. The lowest BCUT2D eigenvalue weighted by atomic mass is 10.1. The lowest BCUT2D eigenvalue weighted by molar-refractivity contribution is -0.385. The van der Waals surface area contributed by atoms with Crippen molar-refractivity contribution in [3.63, 3.8) is 0 Å². The van der Waals surface area contributed by atoms with Gasteiger partial charge in [0.15, 0.2) is 11.5 Å². The minimum absolute atomic E-state index is 0.0240. The summed E-state index contributed by atoms with van der Waals surface area (Å²) in [6.07, 6.45) is 1.43. The number of carboxylic acids is 1. The molecular formula is C12H13NO6. The quantitative estimate of drug-likeness (QED) is 0.462. The first-order valence-corrected chi connectivity index (χ1v) is 5.43. The van der Waals surface area contributed by atoms with E-state index in [0.29, 0.717) is 0 Å². The Labute approximate surface area is 109 Å². The topological polar surface area (TPSA) is 98.9 Å². The molecule has 102 valence electrons. The van der Waals surface area contributed by atoms with E-state index in [1.807, 2.05) is 0 Å². The van der Waals surface area contributed by atoms with Gasteiger partial charge in [-0.2, -0.15) is 0 Å². The van der Waals surface area contributed by atoms with Gasteiger partial charge in [-0.15, -0.1) is 0 Å². The number of hydrogen-bond donors (Lipinski definition) is 1. The molecule has 0 radical (unpaired) electrons. The average Bonchev–Trinajstić information content (AvgIpc) is 2.36. The van der Waals surface area contributed by atoms with Crippen LogP contribution >= 0.6 is 0 Å². The normalized spacial score (nSPS) is 9.74. The van der Waals surface area contributed by atoms with Crippen LogP contribution in [0.4, 0.5) is 5.69 Å². The Hall–Kier alpha value is -2.57. The molecule has 0 amide bonds. The summed E-state index contributed by atoms with van der Waals surface area (Å²) in [5.41, 5.74) is -0.689. The highest BCUT2D eigenvalue weighted by molar-refractivity contribution is 5.93. The summed E-state index contributed by atoms with van der Waals surface area (Å²) in [5.74, 6) is -1.35. The van der Waals surface area contributed by atoms with E-state index in [4.69, 9.17) is 14.6 Å². The van der Waals surface area contributed by atoms with Crippen molar-refractivity contribution >= 4 is 11.7 Å². The highest BCUT2D eigenvalue weighted by atomic mass is 16.6. The first kappa shape index (κ1) is 14.5. The van der Waals surface area contributed by atoms with Crippen LogP contribution in [-0.2, 0) is 0 Å². The molecule has 7 heteroatoms. The van der Waals surface area contributed by atoms with Gasteiger partial charge in [0.2, 0.25) is 0 Å². The Morgan fingerprint density at radius 3 is 2.68 bits per heavy atom. The van der Waals surface area contributed by atoms with Crippen LogP contribution in [0.2, 0.25) is 0 Å². The van der Waals surface area contributed by atoms with Gasteiger partial charge >= 0.3 is 5.97 Å². The molecule has 0 heterocycles. The molecule has 0 unspecified atom stereocenters. The second-order valence-corrected chi connectivity index (χ2v) is 3.42. The van der Waals surface area contributed by atoms with Crippen LogP contribution in [0.15, 0.2) is 24.8 Å². The molecule has 1 rings (SSSR count). The van der Waals surface area contributed by atoms with Crippen molar-refractivity contribution in [2.75, 3.05) is 13.2 Å². The zero-order valence-corrected chi connectivity index (χ0v) is 10.3. The number of benzene rings is 1. The van der Waals surface area contributed by atoms with E-state index in [1.54, 1.807) is 6.92 Å². The number of nitrogens with zero attached hydrogens (tertiary/aromatic N) is 1. The minimum atomic E-state index is -1.33. The van der Waals surface area contributed by atoms with E-state index in [0.717, 1.165) is 12.1 Å². The molecule has 0 aromatic heterocycles. The number of ether oxygens (including phenoxy) is 2. The molecule has 0 atom stereocenters. The van der Waals surface area contributed by atoms with Crippen molar-refractivity contribution in [1.29, 1.82) is 0 Å². The van der Waals surface area contributed by atoms with Gasteiger partial charge in [-0.3, -0.25) is 10.1 Å². The van der Waals surface area contributed by atoms with Crippen molar-refractivity contribution in [3.05, 3.63) is 40.5 Å². The standard InChI is InChI=1S/C12H13NO6/c1-3-5-19-11-9(12(14)15)6-8(13(16)17)7-10(11)18-4-2/h3,6-7H,1,4-5H2,2H3,(H,14,15). The van der Waals surface area contributed by atoms with Gasteiger partial charge in [-0.25, -0.2) is 4.79 Å². The Bertz CT molecular complexity index is 511. The molecule has 0 fully saturated rings. The lowest BCUT2D eigenvalue weighted by Gasteiger charge is -2.13. The number of carbonyl (C=O) groups is 1. The zero-order chi connectivity index (χ0) is 14.4. The molecule has 19 heavy (non-hydrogen) atoms. The van der Waals surface area contributed by atoms with Crippen molar-refractivity contribution in [1.82, 2.24) is 0 Å². The van der Waals surface area contributed by atoms with Crippen LogP contribution in [0.25, 0.3) is 0 Å². The molecule has 0 aliphatic rings. The molecule has 0 aliphatic carbocycles. The highest BCUT2D eigenvalue weighted by Gasteiger charge is 2.22. The van der Waals surface area contributed by atoms with Crippen LogP contribution in [0.3, 0.4) is 0 Å². The van der Waals surface area contributed by atoms with Gasteiger partial charge in [0.25, 0.3) is 5.69 Å². The summed E-state index contributed by atoms with van der Waals surface area (Å²) in [4.78, 5) is 21.2. The largest absolute Gasteiger partial charge is 0.490 e. The maximum Gasteiger partial charge on any atom is 0.339 e. The van der Waals surface area contributed by atoms with Crippen molar-refractivity contribution < 1.29 is 24.3 Å². The van der Waals surface area contributed by atoms with E-state index in [-0.39, 0.29) is 36.0 Å². The molecule has 7 nitrogen and oxygen atoms in total. The molecule has 0 saturated heterocycles. The summed E-state index contributed by atoms with van der Waals surface area (Å²) < 4.78 is 10.4. The maximum absolute atomic E-state index is 11.1. The first-order valence-electron chi connectivity index (χ1n) is 5.43. The molecule has 0 bridgehead atoms. The number of non-ortho nitro benzene ring substituents is 1. The van der Waals surface area contributed by atoms with Crippen LogP contribution in [0.1, 0.15) is 17.3 Å². The third kappa shape index (κ3) is 3.44. The summed E-state index contributed by atoms with van der Waals surface area (Å²) in [7, 11) is 0. The van der Waals surface area contributed by atoms with Crippen LogP contribution in [-0.4, -0.2) is 29.2 Å². The molecule has 0 saturated carbocycles. The van der Waals surface area contributed by atoms with E-state index >= 15 is 0 Å². The second kappa shape index (κ2) is 6.39. The number of aromatic carboxylic acids is 1. The van der Waals surface area contributed by atoms with Gasteiger partial charge < -0.3 is 14.6 Å². The lowest BCUT2D eigenvalue weighted by Crippen LogP contribution is -2.07. The summed E-state index contributed by atoms with van der Waals surface area (Å²) in [6, 6.07) is 2.07. The molecule has 1 N–H and O–H groups in total. The van der Waals surface area contributed by atoms with Gasteiger partial charge in [0, 0.05) is 6.07 Å². The fraction of sp³-hybridized carbons (Fsp3) is 0.250. The third-order valence-electron chi connectivity index (χ3n) is 2.13. The number of nitro benzene ring substituents is 1. The minimum Gasteiger partial charge on any atom is -0.490 e. The molecule has 1 aromatic carbocycles. The molecule has 0 aliphatic heterocycles. The van der Waals surface area contributed by atoms with Crippen LogP contribution < -0.4 is 9.47 Å². The van der Waals surface area contributed by atoms with Gasteiger partial charge in [0.1, 0.15) is 12.2 Å². The predicted molar refractivity (Wildman–Crippen MR) is 66.9 cm³/mol. The molecule has 1 aromatic rings. The second-order valence-electron chi connectivity index (χ2n) is 3.42. The van der Waals surface area contributed by atoms with E-state index in [2.05, 4.69) is 6.58 Å². The number of hydrogen-bond acceptors (Lipinski definition) is 5. The first-order chi connectivity index (χ1) is 9.01. The van der Waals surface area contributed by atoms with Gasteiger partial charge in [-0.05, 0) is 6.92 Å². The highest BCUT2D eigenvalue weighted by Crippen LogP contribution is 2.36. The van der Waals surface area contributed by atoms with Gasteiger partial charge in [0.05, 0.1) is 17.6 Å². The van der Waals surface area contributed by atoms with Crippen LogP contribution in [0.5, 0.6) is 11.5 Å². The van der Waals surface area contributed by atoms with Crippen molar-refractivity contribution in [2.45, 2.75) is 6.92 Å². The van der Waals surface area contributed by atoms with Crippen molar-refractivity contribution in [3.8, 4) is 11.5 Å². The van der Waals surface area contributed by atoms with Crippen molar-refractivity contribution in [2.24, 2.45) is 0 Å². The summed E-state index contributed by atoms with van der Waals surface area (Å²) in [6.45, 7) is 5.42. The Morgan fingerprint density at radius 1 is 1.53 bits per heavy atom. The fourth-order valence-electron chi connectivity index (χ4n) is 1.41. The Balaban J connectivity index is 3.40. The van der Waals surface area contributed by atoms with E-state index in [1.165, 1.54) is 6.08 Å². The number of rotatable bonds is 7. The Morgan fingerprint density at radius 2 is 2.21 bits per heavy atom. The number of nitro groups is 1. The fourth-order valence-corrected chi connectivity index (χ4v) is 1.41. The third-order valence-corrected chi connectivity index (χ3v) is 2.13. The van der Waals surface area contributed by atoms with Gasteiger partial charge in [-0.1, -0.05) is 12.7 Å². The smallest absolute Gasteiger partial charge is 0.339 e. The SMILES string of the molecule is C=CCOc1c(OCC)cc([N+](=O)[O-])cc1C(=O)O. The molecular weight excluding hydrogens is 254 g/mol. The van der Waals surface area contributed by atoms with E-state index in [9.17, 15) is 14.9 Å².